The minimum Gasteiger partial charge on any atom is -0.378 e. The second-order valence-corrected chi connectivity index (χ2v) is 12.1. The Kier molecular flexibility index (Phi) is 6.29. The van der Waals surface area contributed by atoms with Crippen LogP contribution in [0.2, 0.25) is 0 Å². The second kappa shape index (κ2) is 8.12. The Morgan fingerprint density at radius 3 is 2.31 bits per heavy atom. The van der Waals surface area contributed by atoms with E-state index in [1.165, 1.54) is 0 Å². The first-order chi connectivity index (χ1) is 13.4. The van der Waals surface area contributed by atoms with Crippen LogP contribution in [0.1, 0.15) is 25.8 Å². The topological polar surface area (TPSA) is 57.7 Å². The Morgan fingerprint density at radius 2 is 1.83 bits per heavy atom. The average Bonchev–Trinajstić information content (AvgIpc) is 2.94. The van der Waals surface area contributed by atoms with E-state index in [0.29, 0.717) is 13.0 Å². The summed E-state index contributed by atoms with van der Waals surface area (Å²) in [6, 6.07) is 7.69. The van der Waals surface area contributed by atoms with Crippen LogP contribution in [0.5, 0.6) is 0 Å². The molecule has 0 unspecified atom stereocenters. The van der Waals surface area contributed by atoms with Crippen molar-refractivity contribution in [1.29, 1.82) is 0 Å². The van der Waals surface area contributed by atoms with E-state index in [1.807, 2.05) is 57.1 Å². The zero-order chi connectivity index (χ0) is 21.6. The quantitative estimate of drug-likeness (QED) is 0.649. The van der Waals surface area contributed by atoms with Gasteiger partial charge in [-0.25, -0.2) is 8.42 Å². The van der Waals surface area contributed by atoms with Crippen LogP contribution in [-0.2, 0) is 21.2 Å². The fraction of sp³-hybridized carbons (Fsp3) is 0.571. The number of benzene rings is 1. The Labute approximate surface area is 183 Å². The lowest BCUT2D eigenvalue weighted by Gasteiger charge is -2.29. The molecule has 0 bridgehead atoms. The summed E-state index contributed by atoms with van der Waals surface area (Å²) in [7, 11) is 0.837. The van der Waals surface area contributed by atoms with Gasteiger partial charge >= 0.3 is 0 Å². The molecule has 1 amide bonds. The molecule has 8 heteroatoms. The number of hydrogen-bond acceptors (Lipinski definition) is 4. The van der Waals surface area contributed by atoms with E-state index in [1.54, 1.807) is 11.0 Å². The van der Waals surface area contributed by atoms with Crippen molar-refractivity contribution in [2.75, 3.05) is 30.5 Å². The van der Waals surface area contributed by atoms with Gasteiger partial charge in [0.1, 0.15) is 4.49 Å². The molecule has 0 radical (unpaired) electrons. The molecule has 3 rings (SSSR count). The number of sulfone groups is 1. The van der Waals surface area contributed by atoms with Crippen LogP contribution >= 0.6 is 23.2 Å². The van der Waals surface area contributed by atoms with Crippen LogP contribution in [0, 0.1) is 17.3 Å². The molecule has 1 aliphatic carbocycles. The van der Waals surface area contributed by atoms with Crippen molar-refractivity contribution in [3.05, 3.63) is 40.4 Å². The summed E-state index contributed by atoms with van der Waals surface area (Å²) < 4.78 is 24.3. The molecule has 1 saturated heterocycles. The molecule has 1 aromatic rings. The minimum atomic E-state index is -3.11. The van der Waals surface area contributed by atoms with Crippen LogP contribution in [0.25, 0.3) is 0 Å². The predicted octanol–water partition coefficient (Wildman–Crippen LogP) is 3.86. The summed E-state index contributed by atoms with van der Waals surface area (Å²) in [4.78, 5) is 17.3. The van der Waals surface area contributed by atoms with Gasteiger partial charge in [0.2, 0.25) is 5.91 Å². The number of nitrogens with zero attached hydrogens (tertiary/aromatic N) is 2. The molecule has 1 heterocycles. The van der Waals surface area contributed by atoms with Crippen LogP contribution < -0.4 is 4.90 Å². The maximum absolute atomic E-state index is 13.5. The monoisotopic (exact) mass is 458 g/mol. The molecular weight excluding hydrogens is 431 g/mol. The second-order valence-electron chi connectivity index (χ2n) is 8.87. The van der Waals surface area contributed by atoms with Crippen LogP contribution in [0.15, 0.2) is 34.8 Å². The molecule has 0 spiro atoms. The van der Waals surface area contributed by atoms with E-state index in [0.717, 1.165) is 11.3 Å². The lowest BCUT2D eigenvalue weighted by molar-refractivity contribution is -0.136. The van der Waals surface area contributed by atoms with Gasteiger partial charge in [-0.15, -0.1) is 0 Å². The highest BCUT2D eigenvalue weighted by atomic mass is 35.5. The lowest BCUT2D eigenvalue weighted by atomic mass is 10.1. The fourth-order valence-electron chi connectivity index (χ4n) is 4.28. The highest BCUT2D eigenvalue weighted by molar-refractivity contribution is 7.91. The predicted molar refractivity (Wildman–Crippen MR) is 119 cm³/mol. The van der Waals surface area contributed by atoms with Gasteiger partial charge in [0.25, 0.3) is 0 Å². The van der Waals surface area contributed by atoms with Gasteiger partial charge in [0, 0.05) is 32.4 Å². The van der Waals surface area contributed by atoms with E-state index in [-0.39, 0.29) is 45.2 Å². The van der Waals surface area contributed by atoms with Crippen molar-refractivity contribution < 1.29 is 13.2 Å². The van der Waals surface area contributed by atoms with Crippen molar-refractivity contribution in [2.24, 2.45) is 17.3 Å². The van der Waals surface area contributed by atoms with Crippen molar-refractivity contribution >= 4 is 44.6 Å². The minimum absolute atomic E-state index is 0.0235. The number of allylic oxidation sites excluding steroid dienone is 1. The summed E-state index contributed by atoms with van der Waals surface area (Å²) in [6.07, 6.45) is 2.20. The van der Waals surface area contributed by atoms with Gasteiger partial charge < -0.3 is 9.80 Å². The highest BCUT2D eigenvalue weighted by Gasteiger charge is 2.62. The van der Waals surface area contributed by atoms with E-state index in [2.05, 4.69) is 0 Å². The van der Waals surface area contributed by atoms with Gasteiger partial charge in [-0.1, -0.05) is 49.2 Å². The van der Waals surface area contributed by atoms with E-state index in [9.17, 15) is 13.2 Å². The van der Waals surface area contributed by atoms with E-state index in [4.69, 9.17) is 23.2 Å². The molecule has 5 nitrogen and oxygen atoms in total. The molecule has 160 valence electrons. The number of rotatable bonds is 6. The first-order valence-electron chi connectivity index (χ1n) is 9.72. The number of halogens is 2. The molecule has 3 atom stereocenters. The molecular formula is C21H28Cl2N2O3S. The lowest BCUT2D eigenvalue weighted by Crippen LogP contribution is -2.42. The van der Waals surface area contributed by atoms with Crippen LogP contribution in [0.3, 0.4) is 0 Å². The number of amides is 1. The summed E-state index contributed by atoms with van der Waals surface area (Å²) in [5, 5.41) is 0. The molecule has 29 heavy (non-hydrogen) atoms. The summed E-state index contributed by atoms with van der Waals surface area (Å²) >= 11 is 11.7. The Morgan fingerprint density at radius 1 is 1.21 bits per heavy atom. The summed E-state index contributed by atoms with van der Waals surface area (Å²) in [5.74, 6) is -0.162. The number of hydrogen-bond donors (Lipinski definition) is 0. The zero-order valence-corrected chi connectivity index (χ0v) is 19.6. The number of carbonyl (C=O) groups excluding carboxylic acids is 1. The maximum Gasteiger partial charge on any atom is 0.227 e. The first-order valence-corrected chi connectivity index (χ1v) is 12.3. The SMILES string of the molecule is CN(C)c1ccc(CN(C(=O)[C@@H]2[C@@H](C=C(Cl)Cl)C2(C)C)[C@H]2CCS(=O)(=O)C2)cc1. The van der Waals surface area contributed by atoms with Gasteiger partial charge in [-0.3, -0.25) is 4.79 Å². The fourth-order valence-corrected chi connectivity index (χ4v) is 6.28. The summed E-state index contributed by atoms with van der Waals surface area (Å²) in [5.41, 5.74) is 1.80. The molecule has 1 saturated carbocycles. The van der Waals surface area contributed by atoms with Crippen molar-refractivity contribution in [3.63, 3.8) is 0 Å². The Balaban J connectivity index is 1.86. The van der Waals surface area contributed by atoms with Gasteiger partial charge in [0.15, 0.2) is 9.84 Å². The van der Waals surface area contributed by atoms with Gasteiger partial charge in [0.05, 0.1) is 17.4 Å². The maximum atomic E-state index is 13.5. The van der Waals surface area contributed by atoms with Gasteiger partial charge in [-0.05, 0) is 41.5 Å². The Bertz CT molecular complexity index is 906. The normalized spacial score (nSPS) is 26.6. The molecule has 2 aliphatic rings. The molecule has 1 aromatic carbocycles. The third-order valence-electron chi connectivity index (χ3n) is 6.22. The number of anilines is 1. The Hall–Kier alpha value is -1.24. The largest absolute Gasteiger partial charge is 0.378 e. The molecule has 1 aliphatic heterocycles. The highest BCUT2D eigenvalue weighted by Crippen LogP contribution is 2.60. The van der Waals surface area contributed by atoms with Crippen molar-refractivity contribution in [1.82, 2.24) is 4.90 Å². The van der Waals surface area contributed by atoms with Crippen molar-refractivity contribution in [2.45, 2.75) is 32.9 Å². The molecule has 0 N–H and O–H groups in total. The summed E-state index contributed by atoms with van der Waals surface area (Å²) in [6.45, 7) is 4.43. The molecule has 0 aromatic heterocycles. The standard InChI is InChI=1S/C21H28Cl2N2O3S/c1-21(2)17(11-18(22)23)19(21)20(26)25(16-9-10-29(27,28)13-16)12-14-5-7-15(8-6-14)24(3)4/h5-8,11,16-17,19H,9-10,12-13H2,1-4H3/t16-,17+,19-/m0/s1. The van der Waals surface area contributed by atoms with Crippen LogP contribution in [-0.4, -0.2) is 50.9 Å². The van der Waals surface area contributed by atoms with Gasteiger partial charge in [-0.2, -0.15) is 0 Å². The first kappa shape index (κ1) is 22.4. The average molecular weight is 459 g/mol. The van der Waals surface area contributed by atoms with Crippen LogP contribution in [0.4, 0.5) is 5.69 Å². The third-order valence-corrected chi connectivity index (χ3v) is 8.22. The third kappa shape index (κ3) is 4.92. The van der Waals surface area contributed by atoms with E-state index < -0.39 is 9.84 Å². The smallest absolute Gasteiger partial charge is 0.227 e. The number of carbonyl (C=O) groups is 1. The van der Waals surface area contributed by atoms with Crippen molar-refractivity contribution in [3.8, 4) is 0 Å². The zero-order valence-electron chi connectivity index (χ0n) is 17.2. The molecule has 2 fully saturated rings. The van der Waals surface area contributed by atoms with E-state index >= 15 is 0 Å².